The summed E-state index contributed by atoms with van der Waals surface area (Å²) >= 11 is 0.983. The van der Waals surface area contributed by atoms with Gasteiger partial charge in [-0.2, -0.15) is 0 Å². The molecule has 0 spiro atoms. The Hall–Kier alpha value is -2.73. The van der Waals surface area contributed by atoms with Crippen molar-refractivity contribution in [1.29, 1.82) is 0 Å². The maximum Gasteiger partial charge on any atom is 0.307 e. The van der Waals surface area contributed by atoms with E-state index in [4.69, 9.17) is 9.47 Å². The Morgan fingerprint density at radius 3 is 2.66 bits per heavy atom. The molecule has 3 aromatic rings. The van der Waals surface area contributed by atoms with Gasteiger partial charge in [0.25, 0.3) is 0 Å². The van der Waals surface area contributed by atoms with E-state index in [0.29, 0.717) is 23.8 Å². The number of hydrogen-bond acceptors (Lipinski definition) is 5. The van der Waals surface area contributed by atoms with Crippen molar-refractivity contribution in [2.24, 2.45) is 0 Å². The predicted molar refractivity (Wildman–Crippen MR) is 129 cm³/mol. The van der Waals surface area contributed by atoms with Gasteiger partial charge in [-0.15, -0.1) is 0 Å². The summed E-state index contributed by atoms with van der Waals surface area (Å²) < 4.78 is 12.0. The van der Waals surface area contributed by atoms with E-state index in [0.717, 1.165) is 47.8 Å². The van der Waals surface area contributed by atoms with E-state index in [1.54, 1.807) is 0 Å². The van der Waals surface area contributed by atoms with E-state index in [9.17, 15) is 9.90 Å². The van der Waals surface area contributed by atoms with Gasteiger partial charge in [0, 0.05) is 12.0 Å². The molecule has 0 saturated heterocycles. The lowest BCUT2D eigenvalue weighted by Gasteiger charge is -2.16. The number of rotatable bonds is 10. The lowest BCUT2D eigenvalue weighted by Crippen LogP contribution is -2.07. The number of thiazole rings is 1. The Labute approximate surface area is 193 Å². The van der Waals surface area contributed by atoms with Gasteiger partial charge in [0.1, 0.15) is 11.5 Å². The number of H-pyrrole nitrogens is 1. The van der Waals surface area contributed by atoms with Crippen LogP contribution in [-0.4, -0.2) is 23.3 Å². The van der Waals surface area contributed by atoms with Gasteiger partial charge in [-0.3, -0.25) is 9.78 Å². The Kier molecular flexibility index (Phi) is 7.53. The number of nitrogens with one attached hydrogen (secondary N) is 1. The molecule has 170 valence electrons. The van der Waals surface area contributed by atoms with E-state index < -0.39 is 0 Å². The third kappa shape index (κ3) is 5.54. The molecule has 1 aromatic heterocycles. The summed E-state index contributed by atoms with van der Waals surface area (Å²) in [6.45, 7) is 3.33. The van der Waals surface area contributed by atoms with Gasteiger partial charge in [0.05, 0.1) is 18.1 Å². The minimum absolute atomic E-state index is 0.104. The maximum absolute atomic E-state index is 11.4. The second-order valence-corrected chi connectivity index (χ2v) is 9.35. The van der Waals surface area contributed by atoms with Crippen molar-refractivity contribution in [3.05, 3.63) is 63.3 Å². The minimum atomic E-state index is -0.278. The largest absolute Gasteiger partial charge is 0.493 e. The van der Waals surface area contributed by atoms with E-state index in [1.807, 2.05) is 24.3 Å². The molecule has 1 saturated carbocycles. The highest BCUT2D eigenvalue weighted by Gasteiger charge is 2.18. The first kappa shape index (κ1) is 22.5. The summed E-state index contributed by atoms with van der Waals surface area (Å²) in [4.78, 5) is 14.1. The molecule has 0 aliphatic heterocycles. The summed E-state index contributed by atoms with van der Waals surface area (Å²) in [6.07, 6.45) is 8.23. The highest BCUT2D eigenvalue weighted by atomic mass is 32.1. The highest BCUT2D eigenvalue weighted by molar-refractivity contribution is 7.13. The van der Waals surface area contributed by atoms with E-state index in [1.165, 1.54) is 36.8 Å². The van der Waals surface area contributed by atoms with Gasteiger partial charge in [0.15, 0.2) is 0 Å². The van der Waals surface area contributed by atoms with Crippen LogP contribution in [0.15, 0.2) is 47.3 Å². The fourth-order valence-corrected chi connectivity index (χ4v) is 5.12. The van der Waals surface area contributed by atoms with Crippen molar-refractivity contribution < 1.29 is 14.6 Å². The van der Waals surface area contributed by atoms with Crippen molar-refractivity contribution in [1.82, 2.24) is 4.98 Å². The molecule has 0 bridgehead atoms. The summed E-state index contributed by atoms with van der Waals surface area (Å²) in [5, 5.41) is 9.87. The highest BCUT2D eigenvalue weighted by Crippen LogP contribution is 2.36. The zero-order chi connectivity index (χ0) is 22.3. The van der Waals surface area contributed by atoms with Crippen LogP contribution in [0.25, 0.3) is 10.4 Å². The zero-order valence-corrected chi connectivity index (χ0v) is 19.4. The summed E-state index contributed by atoms with van der Waals surface area (Å²) in [5.74, 6) is 2.31. The fraction of sp³-hybridized carbons (Fsp3) is 0.423. The molecule has 5 nitrogen and oxygen atoms in total. The Morgan fingerprint density at radius 1 is 1.09 bits per heavy atom. The van der Waals surface area contributed by atoms with Crippen LogP contribution in [0.1, 0.15) is 62.5 Å². The van der Waals surface area contributed by atoms with Gasteiger partial charge in [-0.25, -0.2) is 0 Å². The first-order valence-corrected chi connectivity index (χ1v) is 12.4. The molecule has 1 aliphatic carbocycles. The number of aromatic nitrogens is 1. The smallest absolute Gasteiger partial charge is 0.307 e. The van der Waals surface area contributed by atoms with Crippen LogP contribution in [0.4, 0.5) is 0 Å². The quantitative estimate of drug-likeness (QED) is 0.355. The van der Waals surface area contributed by atoms with E-state index >= 15 is 0 Å². The molecule has 4 rings (SSSR count). The second kappa shape index (κ2) is 10.7. The molecule has 2 aromatic carbocycles. The summed E-state index contributed by atoms with van der Waals surface area (Å²) in [7, 11) is 0. The van der Waals surface area contributed by atoms with Gasteiger partial charge in [-0.05, 0) is 54.5 Å². The van der Waals surface area contributed by atoms with Crippen molar-refractivity contribution in [2.45, 2.75) is 57.8 Å². The molecule has 1 fully saturated rings. The molecule has 32 heavy (non-hydrogen) atoms. The molecule has 6 heteroatoms. The number of ether oxygens (including phenoxy) is 2. The number of benzene rings is 2. The molecule has 0 atom stereocenters. The van der Waals surface area contributed by atoms with Crippen LogP contribution in [-0.2, 0) is 6.42 Å². The standard InChI is InChI=1S/C26H31NO4S/c1-2-7-20-16-19(18-8-3-4-9-18)12-13-23(20)31-15-6-14-30-22-11-5-10-21(17-22)24-25(28)27-26(29)32-24/h5,10-13,16-18,28H,2-4,6-9,14-15H2,1H3,(H,27,29). The van der Waals surface area contributed by atoms with Crippen LogP contribution < -0.4 is 14.3 Å². The van der Waals surface area contributed by atoms with Crippen molar-refractivity contribution in [3.8, 4) is 27.8 Å². The molecule has 0 radical (unpaired) electrons. The molecular weight excluding hydrogens is 422 g/mol. The first-order valence-electron chi connectivity index (χ1n) is 11.5. The Bertz CT molecular complexity index is 1080. The van der Waals surface area contributed by atoms with E-state index in [2.05, 4.69) is 30.1 Å². The van der Waals surface area contributed by atoms with Gasteiger partial charge in [-0.1, -0.05) is 61.8 Å². The monoisotopic (exact) mass is 453 g/mol. The maximum atomic E-state index is 11.4. The van der Waals surface area contributed by atoms with Crippen molar-refractivity contribution in [2.75, 3.05) is 13.2 Å². The second-order valence-electron chi connectivity index (χ2n) is 8.37. The Balaban J connectivity index is 1.29. The minimum Gasteiger partial charge on any atom is -0.493 e. The number of aromatic hydroxyl groups is 1. The third-order valence-electron chi connectivity index (χ3n) is 5.97. The summed E-state index contributed by atoms with van der Waals surface area (Å²) in [6, 6.07) is 14.2. The zero-order valence-electron chi connectivity index (χ0n) is 18.6. The SMILES string of the molecule is CCCc1cc(C2CCCC2)ccc1OCCCOc1cccc(-c2sc(=O)[nH]c2O)c1. The third-order valence-corrected chi connectivity index (χ3v) is 6.89. The molecule has 1 aliphatic rings. The van der Waals surface area contributed by atoms with Crippen molar-refractivity contribution in [3.63, 3.8) is 0 Å². The molecule has 0 amide bonds. The number of aromatic amines is 1. The molecule has 0 unspecified atom stereocenters. The number of hydrogen-bond donors (Lipinski definition) is 2. The average molecular weight is 454 g/mol. The molecular formula is C26H31NO4S. The summed E-state index contributed by atoms with van der Waals surface area (Å²) in [5.41, 5.74) is 3.54. The van der Waals surface area contributed by atoms with Gasteiger partial charge in [0.2, 0.25) is 5.88 Å². The molecule has 1 heterocycles. The number of aryl methyl sites for hydroxylation is 1. The normalized spacial score (nSPS) is 14.0. The topological polar surface area (TPSA) is 71.5 Å². The van der Waals surface area contributed by atoms with E-state index in [-0.39, 0.29) is 10.8 Å². The van der Waals surface area contributed by atoms with Crippen LogP contribution in [0, 0.1) is 0 Å². The van der Waals surface area contributed by atoms with Crippen LogP contribution >= 0.6 is 11.3 Å². The van der Waals surface area contributed by atoms with Crippen LogP contribution in [0.5, 0.6) is 17.4 Å². The van der Waals surface area contributed by atoms with Crippen LogP contribution in [0.3, 0.4) is 0 Å². The Morgan fingerprint density at radius 2 is 1.91 bits per heavy atom. The average Bonchev–Trinajstić information content (AvgIpc) is 3.44. The van der Waals surface area contributed by atoms with Gasteiger partial charge < -0.3 is 14.6 Å². The van der Waals surface area contributed by atoms with Crippen molar-refractivity contribution >= 4 is 11.3 Å². The first-order chi connectivity index (χ1) is 15.6. The van der Waals surface area contributed by atoms with Gasteiger partial charge >= 0.3 is 4.87 Å². The molecule has 2 N–H and O–H groups in total. The fourth-order valence-electron chi connectivity index (χ4n) is 4.39. The lowest BCUT2D eigenvalue weighted by atomic mass is 9.94. The lowest BCUT2D eigenvalue weighted by molar-refractivity contribution is 0.246. The van der Waals surface area contributed by atoms with Crippen LogP contribution in [0.2, 0.25) is 0 Å². The predicted octanol–water partition coefficient (Wildman–Crippen LogP) is 6.27.